The van der Waals surface area contributed by atoms with Crippen LogP contribution in [0.5, 0.6) is 5.75 Å². The summed E-state index contributed by atoms with van der Waals surface area (Å²) in [6, 6.07) is 26.6. The molecule has 0 amide bonds. The Hall–Kier alpha value is -2.80. The molecule has 4 rings (SSSR count). The molecule has 1 N–H and O–H groups in total. The molecule has 1 nitrogen and oxygen atoms in total. The van der Waals surface area contributed by atoms with Crippen LogP contribution < -0.4 is 0 Å². The van der Waals surface area contributed by atoms with Crippen LogP contribution in [-0.2, 0) is 0 Å². The number of rotatable bonds is 1. The monoisotopic (exact) mass is 270 g/mol. The molecule has 0 spiro atoms. The highest BCUT2D eigenvalue weighted by atomic mass is 16.3. The molecule has 0 radical (unpaired) electrons. The fraction of sp³-hybridized carbons (Fsp3) is 0. The molecule has 0 heterocycles. The van der Waals surface area contributed by atoms with Gasteiger partial charge in [0.1, 0.15) is 5.75 Å². The topological polar surface area (TPSA) is 20.2 Å². The summed E-state index contributed by atoms with van der Waals surface area (Å²) in [5.41, 5.74) is 2.16. The van der Waals surface area contributed by atoms with Crippen molar-refractivity contribution in [1.82, 2.24) is 0 Å². The maximum atomic E-state index is 10.2. The third kappa shape index (κ3) is 2.03. The van der Waals surface area contributed by atoms with E-state index in [0.29, 0.717) is 5.75 Å². The molecule has 0 saturated carbocycles. The molecule has 4 aromatic carbocycles. The van der Waals surface area contributed by atoms with Gasteiger partial charge in [0.25, 0.3) is 0 Å². The van der Waals surface area contributed by atoms with E-state index in [1.807, 2.05) is 42.5 Å². The molecule has 0 unspecified atom stereocenters. The van der Waals surface area contributed by atoms with E-state index in [0.717, 1.165) is 21.9 Å². The molecule has 4 aromatic rings. The average Bonchev–Trinajstić information content (AvgIpc) is 2.54. The standard InChI is InChI=1S/C20H14O/c21-20-13-18(12-17-7-3-4-8-19(17)20)16-10-9-14-5-1-2-6-15(14)11-16/h1-13,21H. The molecule has 21 heavy (non-hydrogen) atoms. The number of hydrogen-bond acceptors (Lipinski definition) is 1. The lowest BCUT2D eigenvalue weighted by molar-refractivity contribution is 0.482. The average molecular weight is 270 g/mol. The van der Waals surface area contributed by atoms with Gasteiger partial charge in [0.15, 0.2) is 0 Å². The highest BCUT2D eigenvalue weighted by Crippen LogP contribution is 2.32. The lowest BCUT2D eigenvalue weighted by atomic mass is 9.98. The number of phenolic OH excluding ortho intramolecular Hbond substituents is 1. The SMILES string of the molecule is Oc1cc(-c2ccc3ccccc3c2)cc2ccccc12. The van der Waals surface area contributed by atoms with Gasteiger partial charge in [-0.2, -0.15) is 0 Å². The lowest BCUT2D eigenvalue weighted by Gasteiger charge is -2.08. The van der Waals surface area contributed by atoms with Gasteiger partial charge >= 0.3 is 0 Å². The molecule has 0 aromatic heterocycles. The van der Waals surface area contributed by atoms with E-state index >= 15 is 0 Å². The fourth-order valence-electron chi connectivity index (χ4n) is 2.83. The van der Waals surface area contributed by atoms with Crippen molar-refractivity contribution < 1.29 is 5.11 Å². The minimum atomic E-state index is 0.330. The van der Waals surface area contributed by atoms with E-state index in [1.165, 1.54) is 10.8 Å². The Morgan fingerprint density at radius 2 is 1.19 bits per heavy atom. The van der Waals surface area contributed by atoms with Gasteiger partial charge in [0.2, 0.25) is 0 Å². The maximum Gasteiger partial charge on any atom is 0.124 e. The summed E-state index contributed by atoms with van der Waals surface area (Å²) < 4.78 is 0. The molecule has 0 fully saturated rings. The summed E-state index contributed by atoms with van der Waals surface area (Å²) in [6.45, 7) is 0. The van der Waals surface area contributed by atoms with E-state index in [4.69, 9.17) is 0 Å². The summed E-state index contributed by atoms with van der Waals surface area (Å²) in [7, 11) is 0. The number of phenols is 1. The van der Waals surface area contributed by atoms with Crippen molar-refractivity contribution in [2.75, 3.05) is 0 Å². The molecule has 100 valence electrons. The van der Waals surface area contributed by atoms with Crippen molar-refractivity contribution >= 4 is 21.5 Å². The van der Waals surface area contributed by atoms with Crippen LogP contribution >= 0.6 is 0 Å². The van der Waals surface area contributed by atoms with E-state index < -0.39 is 0 Å². The molecule has 0 atom stereocenters. The first-order valence-corrected chi connectivity index (χ1v) is 7.02. The minimum Gasteiger partial charge on any atom is -0.507 e. The third-order valence-corrected chi connectivity index (χ3v) is 3.92. The Kier molecular flexibility index (Phi) is 2.65. The smallest absolute Gasteiger partial charge is 0.124 e. The first kappa shape index (κ1) is 12.0. The third-order valence-electron chi connectivity index (χ3n) is 3.92. The van der Waals surface area contributed by atoms with E-state index in [1.54, 1.807) is 0 Å². The van der Waals surface area contributed by atoms with Gasteiger partial charge in [-0.25, -0.2) is 0 Å². The summed E-state index contributed by atoms with van der Waals surface area (Å²) in [4.78, 5) is 0. The highest BCUT2D eigenvalue weighted by Gasteiger charge is 2.05. The van der Waals surface area contributed by atoms with Crippen molar-refractivity contribution in [3.8, 4) is 16.9 Å². The van der Waals surface area contributed by atoms with Crippen LogP contribution in [0.25, 0.3) is 32.7 Å². The lowest BCUT2D eigenvalue weighted by Crippen LogP contribution is -1.81. The largest absolute Gasteiger partial charge is 0.507 e. The summed E-state index contributed by atoms with van der Waals surface area (Å²) in [6.07, 6.45) is 0. The predicted octanol–water partition coefficient (Wildman–Crippen LogP) is 5.37. The first-order valence-electron chi connectivity index (χ1n) is 7.02. The zero-order valence-electron chi connectivity index (χ0n) is 11.5. The summed E-state index contributed by atoms with van der Waals surface area (Å²) in [5, 5.41) is 14.6. The molecular formula is C20H14O. The Bertz CT molecular complexity index is 954. The van der Waals surface area contributed by atoms with E-state index in [-0.39, 0.29) is 0 Å². The van der Waals surface area contributed by atoms with Gasteiger partial charge in [-0.3, -0.25) is 0 Å². The number of aromatic hydroxyl groups is 1. The van der Waals surface area contributed by atoms with Crippen LogP contribution in [0.1, 0.15) is 0 Å². The van der Waals surface area contributed by atoms with E-state index in [2.05, 4.69) is 36.4 Å². The Morgan fingerprint density at radius 1 is 0.524 bits per heavy atom. The van der Waals surface area contributed by atoms with Crippen molar-refractivity contribution in [1.29, 1.82) is 0 Å². The molecule has 0 aliphatic carbocycles. The van der Waals surface area contributed by atoms with Gasteiger partial charge < -0.3 is 5.11 Å². The number of benzene rings is 4. The normalized spacial score (nSPS) is 11.0. The minimum absolute atomic E-state index is 0.330. The highest BCUT2D eigenvalue weighted by molar-refractivity contribution is 5.94. The second kappa shape index (κ2) is 4.64. The zero-order chi connectivity index (χ0) is 14.2. The van der Waals surface area contributed by atoms with Gasteiger partial charge in [0, 0.05) is 5.39 Å². The van der Waals surface area contributed by atoms with Crippen LogP contribution in [0, 0.1) is 0 Å². The fourth-order valence-corrected chi connectivity index (χ4v) is 2.83. The van der Waals surface area contributed by atoms with Crippen LogP contribution in [0.2, 0.25) is 0 Å². The second-order valence-electron chi connectivity index (χ2n) is 5.28. The van der Waals surface area contributed by atoms with Crippen LogP contribution in [-0.4, -0.2) is 5.11 Å². The van der Waals surface area contributed by atoms with Crippen LogP contribution in [0.3, 0.4) is 0 Å². The van der Waals surface area contributed by atoms with Gasteiger partial charge in [-0.05, 0) is 45.5 Å². The van der Waals surface area contributed by atoms with Crippen molar-refractivity contribution in [2.24, 2.45) is 0 Å². The van der Waals surface area contributed by atoms with Crippen LogP contribution in [0.15, 0.2) is 78.9 Å². The first-order chi connectivity index (χ1) is 10.3. The molecule has 0 aliphatic heterocycles. The molecule has 0 bridgehead atoms. The van der Waals surface area contributed by atoms with Crippen LogP contribution in [0.4, 0.5) is 0 Å². The summed E-state index contributed by atoms with van der Waals surface area (Å²) >= 11 is 0. The van der Waals surface area contributed by atoms with Gasteiger partial charge in [0.05, 0.1) is 0 Å². The molecule has 0 aliphatic rings. The quantitative estimate of drug-likeness (QED) is 0.493. The zero-order valence-corrected chi connectivity index (χ0v) is 11.5. The second-order valence-corrected chi connectivity index (χ2v) is 5.28. The Morgan fingerprint density at radius 3 is 2.05 bits per heavy atom. The predicted molar refractivity (Wildman–Crippen MR) is 88.6 cm³/mol. The molecule has 1 heteroatoms. The summed E-state index contributed by atoms with van der Waals surface area (Å²) in [5.74, 6) is 0.330. The number of fused-ring (bicyclic) bond motifs is 2. The Balaban J connectivity index is 1.95. The molecular weight excluding hydrogens is 256 g/mol. The van der Waals surface area contributed by atoms with Crippen molar-refractivity contribution in [3.63, 3.8) is 0 Å². The van der Waals surface area contributed by atoms with Gasteiger partial charge in [-0.1, -0.05) is 60.7 Å². The van der Waals surface area contributed by atoms with Crippen molar-refractivity contribution in [2.45, 2.75) is 0 Å². The molecule has 0 saturated heterocycles. The maximum absolute atomic E-state index is 10.2. The number of hydrogen-bond donors (Lipinski definition) is 1. The van der Waals surface area contributed by atoms with Crippen molar-refractivity contribution in [3.05, 3.63) is 78.9 Å². The van der Waals surface area contributed by atoms with E-state index in [9.17, 15) is 5.11 Å². The Labute approximate surface area is 123 Å². The van der Waals surface area contributed by atoms with Gasteiger partial charge in [-0.15, -0.1) is 0 Å².